The summed E-state index contributed by atoms with van der Waals surface area (Å²) >= 11 is 1.58. The van der Waals surface area contributed by atoms with Crippen LogP contribution in [0, 0.1) is 5.92 Å². The van der Waals surface area contributed by atoms with Crippen LogP contribution >= 0.6 is 11.8 Å². The fraction of sp³-hybridized carbons (Fsp3) is 0.700. The van der Waals surface area contributed by atoms with Crippen LogP contribution in [0.15, 0.2) is 5.16 Å². The van der Waals surface area contributed by atoms with Crippen LogP contribution in [0.25, 0.3) is 0 Å². The van der Waals surface area contributed by atoms with Crippen LogP contribution in [0.4, 0.5) is 5.95 Å². The number of aromatic nitrogens is 3. The maximum absolute atomic E-state index is 5.30. The molecule has 0 aliphatic carbocycles. The van der Waals surface area contributed by atoms with Crippen LogP contribution in [-0.2, 0) is 0 Å². The SMILES string of the molecule is CCOc1nc(NN)nc(SCC(C)CC)n1. The molecule has 7 heteroatoms. The van der Waals surface area contributed by atoms with E-state index in [1.807, 2.05) is 6.92 Å². The molecule has 0 aliphatic rings. The molecule has 0 fully saturated rings. The van der Waals surface area contributed by atoms with Gasteiger partial charge in [-0.25, -0.2) is 5.84 Å². The second-order valence-electron chi connectivity index (χ2n) is 3.63. The second kappa shape index (κ2) is 7.29. The number of ether oxygens (including phenoxy) is 1. The molecule has 1 rings (SSSR count). The molecule has 0 aromatic carbocycles. The standard InChI is InChI=1S/C10H19N5OS/c1-4-7(3)6-17-10-13-8(15-11)12-9(14-10)16-5-2/h7H,4-6,11H2,1-3H3,(H,12,13,14,15). The molecule has 0 aliphatic heterocycles. The molecule has 0 radical (unpaired) electrons. The normalized spacial score (nSPS) is 12.2. The van der Waals surface area contributed by atoms with E-state index in [0.717, 1.165) is 12.2 Å². The fourth-order valence-corrected chi connectivity index (χ4v) is 1.96. The lowest BCUT2D eigenvalue weighted by atomic mass is 10.2. The van der Waals surface area contributed by atoms with E-state index in [-0.39, 0.29) is 0 Å². The molecule has 17 heavy (non-hydrogen) atoms. The van der Waals surface area contributed by atoms with Gasteiger partial charge in [0.25, 0.3) is 0 Å². The molecule has 96 valence electrons. The molecular formula is C10H19N5OS. The van der Waals surface area contributed by atoms with Crippen molar-refractivity contribution in [1.29, 1.82) is 0 Å². The highest BCUT2D eigenvalue weighted by atomic mass is 32.2. The summed E-state index contributed by atoms with van der Waals surface area (Å²) in [6.07, 6.45) is 1.14. The monoisotopic (exact) mass is 257 g/mol. The summed E-state index contributed by atoms with van der Waals surface area (Å²) in [5.41, 5.74) is 2.41. The third kappa shape index (κ3) is 4.74. The molecule has 0 spiro atoms. The molecule has 1 atom stereocenters. The number of nitrogen functional groups attached to an aromatic ring is 1. The summed E-state index contributed by atoms with van der Waals surface area (Å²) in [6, 6.07) is 0.308. The highest BCUT2D eigenvalue weighted by Crippen LogP contribution is 2.20. The number of nitrogens with two attached hydrogens (primary N) is 1. The van der Waals surface area contributed by atoms with Crippen molar-refractivity contribution in [2.75, 3.05) is 17.8 Å². The Kier molecular flexibility index (Phi) is 5.99. The van der Waals surface area contributed by atoms with E-state index in [0.29, 0.717) is 29.6 Å². The molecular weight excluding hydrogens is 238 g/mol. The summed E-state index contributed by atoms with van der Waals surface area (Å²) in [5.74, 6) is 7.22. The molecule has 1 heterocycles. The summed E-state index contributed by atoms with van der Waals surface area (Å²) in [5, 5.41) is 0.636. The van der Waals surface area contributed by atoms with Crippen molar-refractivity contribution in [2.45, 2.75) is 32.3 Å². The Morgan fingerprint density at radius 2 is 2.12 bits per heavy atom. The number of anilines is 1. The zero-order valence-electron chi connectivity index (χ0n) is 10.4. The molecule has 3 N–H and O–H groups in total. The summed E-state index contributed by atoms with van der Waals surface area (Å²) in [7, 11) is 0. The Balaban J connectivity index is 2.72. The predicted octanol–water partition coefficient (Wildman–Crippen LogP) is 1.69. The topological polar surface area (TPSA) is 86.0 Å². The highest BCUT2D eigenvalue weighted by Gasteiger charge is 2.08. The van der Waals surface area contributed by atoms with Crippen LogP contribution in [-0.4, -0.2) is 27.3 Å². The molecule has 1 unspecified atom stereocenters. The van der Waals surface area contributed by atoms with Crippen molar-refractivity contribution in [3.05, 3.63) is 0 Å². The number of rotatable bonds is 7. The van der Waals surface area contributed by atoms with Crippen LogP contribution in [0.1, 0.15) is 27.2 Å². The molecule has 0 amide bonds. The van der Waals surface area contributed by atoms with Gasteiger partial charge >= 0.3 is 6.01 Å². The van der Waals surface area contributed by atoms with Crippen molar-refractivity contribution < 1.29 is 4.74 Å². The molecule has 1 aromatic rings. The van der Waals surface area contributed by atoms with Gasteiger partial charge in [0.1, 0.15) is 0 Å². The molecule has 6 nitrogen and oxygen atoms in total. The summed E-state index contributed by atoms with van der Waals surface area (Å²) in [6.45, 7) is 6.76. The third-order valence-corrected chi connectivity index (χ3v) is 3.37. The van der Waals surface area contributed by atoms with Gasteiger partial charge in [0, 0.05) is 5.75 Å². The maximum Gasteiger partial charge on any atom is 0.322 e. The van der Waals surface area contributed by atoms with E-state index >= 15 is 0 Å². The Morgan fingerprint density at radius 1 is 1.35 bits per heavy atom. The maximum atomic E-state index is 5.30. The lowest BCUT2D eigenvalue weighted by Crippen LogP contribution is -2.13. The van der Waals surface area contributed by atoms with Gasteiger partial charge in [-0.2, -0.15) is 15.0 Å². The highest BCUT2D eigenvalue weighted by molar-refractivity contribution is 7.99. The van der Waals surface area contributed by atoms with Gasteiger partial charge in [0.05, 0.1) is 6.61 Å². The number of hydrazine groups is 1. The number of thioether (sulfide) groups is 1. The lowest BCUT2D eigenvalue weighted by Gasteiger charge is -2.08. The minimum absolute atomic E-state index is 0.308. The Bertz CT molecular complexity index is 349. The molecule has 1 aromatic heterocycles. The molecule has 0 bridgehead atoms. The number of nitrogens with one attached hydrogen (secondary N) is 1. The largest absolute Gasteiger partial charge is 0.464 e. The number of nitrogens with zero attached hydrogens (tertiary/aromatic N) is 3. The first-order chi connectivity index (χ1) is 8.19. The van der Waals surface area contributed by atoms with E-state index in [1.54, 1.807) is 11.8 Å². The molecule has 0 saturated heterocycles. The fourth-order valence-electron chi connectivity index (χ4n) is 0.995. The van der Waals surface area contributed by atoms with Crippen molar-refractivity contribution in [2.24, 2.45) is 11.8 Å². The van der Waals surface area contributed by atoms with E-state index in [4.69, 9.17) is 10.6 Å². The molecule has 0 saturated carbocycles. The van der Waals surface area contributed by atoms with Crippen molar-refractivity contribution in [3.63, 3.8) is 0 Å². The van der Waals surface area contributed by atoms with Crippen molar-refractivity contribution >= 4 is 17.7 Å². The van der Waals surface area contributed by atoms with Crippen molar-refractivity contribution in [1.82, 2.24) is 15.0 Å². The summed E-state index contributed by atoms with van der Waals surface area (Å²) in [4.78, 5) is 12.4. The van der Waals surface area contributed by atoms with Gasteiger partial charge in [0.2, 0.25) is 5.95 Å². The van der Waals surface area contributed by atoms with E-state index in [1.165, 1.54) is 0 Å². The smallest absolute Gasteiger partial charge is 0.322 e. The van der Waals surface area contributed by atoms with Gasteiger partial charge in [-0.05, 0) is 12.8 Å². The Labute approximate surface area is 106 Å². The van der Waals surface area contributed by atoms with E-state index in [2.05, 4.69) is 34.2 Å². The third-order valence-electron chi connectivity index (χ3n) is 2.19. The van der Waals surface area contributed by atoms with Crippen LogP contribution in [0.3, 0.4) is 0 Å². The van der Waals surface area contributed by atoms with Gasteiger partial charge in [0.15, 0.2) is 5.16 Å². The first kappa shape index (κ1) is 14.0. The first-order valence-corrected chi connectivity index (χ1v) is 6.66. The minimum Gasteiger partial charge on any atom is -0.464 e. The summed E-state index contributed by atoms with van der Waals surface area (Å²) < 4.78 is 5.25. The van der Waals surface area contributed by atoms with E-state index < -0.39 is 0 Å². The number of hydrogen-bond donors (Lipinski definition) is 2. The van der Waals surface area contributed by atoms with Crippen LogP contribution < -0.4 is 16.0 Å². The van der Waals surface area contributed by atoms with Gasteiger partial charge in [-0.15, -0.1) is 0 Å². The number of hydrogen-bond acceptors (Lipinski definition) is 7. The minimum atomic E-state index is 0.308. The van der Waals surface area contributed by atoms with Gasteiger partial charge in [-0.3, -0.25) is 5.43 Å². The van der Waals surface area contributed by atoms with E-state index in [9.17, 15) is 0 Å². The van der Waals surface area contributed by atoms with Crippen LogP contribution in [0.5, 0.6) is 6.01 Å². The first-order valence-electron chi connectivity index (χ1n) is 5.67. The Hall–Kier alpha value is -1.08. The average molecular weight is 257 g/mol. The zero-order chi connectivity index (χ0) is 12.7. The average Bonchev–Trinajstić information content (AvgIpc) is 2.36. The van der Waals surface area contributed by atoms with Gasteiger partial charge < -0.3 is 4.74 Å². The lowest BCUT2D eigenvalue weighted by molar-refractivity contribution is 0.308. The van der Waals surface area contributed by atoms with Crippen LogP contribution in [0.2, 0.25) is 0 Å². The quantitative estimate of drug-likeness (QED) is 0.436. The van der Waals surface area contributed by atoms with Gasteiger partial charge in [-0.1, -0.05) is 32.0 Å². The Morgan fingerprint density at radius 3 is 2.71 bits per heavy atom. The second-order valence-corrected chi connectivity index (χ2v) is 4.61. The zero-order valence-corrected chi connectivity index (χ0v) is 11.3. The predicted molar refractivity (Wildman–Crippen MR) is 69.0 cm³/mol. The van der Waals surface area contributed by atoms with Crippen molar-refractivity contribution in [3.8, 4) is 6.01 Å².